The summed E-state index contributed by atoms with van der Waals surface area (Å²) in [5.74, 6) is -1.42. The minimum atomic E-state index is -1.08. The van der Waals surface area contributed by atoms with Crippen LogP contribution >= 0.6 is 34.2 Å². The fourth-order valence-electron chi connectivity index (χ4n) is 1.52. The number of amides is 1. The van der Waals surface area contributed by atoms with Crippen molar-refractivity contribution in [3.05, 3.63) is 44.7 Å². The maximum Gasteiger partial charge on any atom is 0.335 e. The molecule has 1 aromatic heterocycles. The van der Waals surface area contributed by atoms with Gasteiger partial charge in [-0.25, -0.2) is 4.79 Å². The van der Waals surface area contributed by atoms with Crippen LogP contribution in [0.15, 0.2) is 30.6 Å². The number of carbonyl (C=O) groups excluding carboxylic acids is 1. The zero-order valence-electron chi connectivity index (χ0n) is 10.0. The number of carboxylic acid groups (broad SMARTS) is 1. The largest absolute Gasteiger partial charge is 0.478 e. The van der Waals surface area contributed by atoms with Crippen LogP contribution in [0.5, 0.6) is 0 Å². The molecule has 104 valence electrons. The van der Waals surface area contributed by atoms with Crippen LogP contribution in [0.2, 0.25) is 5.02 Å². The van der Waals surface area contributed by atoms with E-state index < -0.39 is 5.97 Å². The van der Waals surface area contributed by atoms with Gasteiger partial charge < -0.3 is 10.4 Å². The van der Waals surface area contributed by atoms with Gasteiger partial charge in [0.15, 0.2) is 0 Å². The Kier molecular flexibility index (Phi) is 4.61. The van der Waals surface area contributed by atoms with E-state index in [0.29, 0.717) is 0 Å². The number of anilines is 1. The highest BCUT2D eigenvalue weighted by molar-refractivity contribution is 14.1. The van der Waals surface area contributed by atoms with Crippen molar-refractivity contribution in [2.75, 3.05) is 5.32 Å². The average Bonchev–Trinajstić information content (AvgIpc) is 2.77. The van der Waals surface area contributed by atoms with E-state index in [1.165, 1.54) is 22.9 Å². The molecule has 1 amide bonds. The molecule has 8 heteroatoms. The van der Waals surface area contributed by atoms with Gasteiger partial charge in [0.2, 0.25) is 5.91 Å². The fraction of sp³-hybridized carbons (Fsp3) is 0.0833. The van der Waals surface area contributed by atoms with Gasteiger partial charge in [-0.1, -0.05) is 11.6 Å². The summed E-state index contributed by atoms with van der Waals surface area (Å²) in [6, 6.07) is 4.11. The Labute approximate surface area is 132 Å². The second-order valence-electron chi connectivity index (χ2n) is 3.90. The first-order valence-corrected chi connectivity index (χ1v) is 6.92. The van der Waals surface area contributed by atoms with E-state index in [4.69, 9.17) is 16.7 Å². The van der Waals surface area contributed by atoms with Crippen molar-refractivity contribution in [1.82, 2.24) is 9.78 Å². The lowest BCUT2D eigenvalue weighted by molar-refractivity contribution is -0.116. The van der Waals surface area contributed by atoms with Gasteiger partial charge in [-0.3, -0.25) is 9.48 Å². The molecule has 0 atom stereocenters. The monoisotopic (exact) mass is 405 g/mol. The topological polar surface area (TPSA) is 84.2 Å². The highest BCUT2D eigenvalue weighted by Crippen LogP contribution is 2.23. The van der Waals surface area contributed by atoms with E-state index in [2.05, 4.69) is 33.0 Å². The van der Waals surface area contributed by atoms with Crippen molar-refractivity contribution in [2.24, 2.45) is 0 Å². The molecule has 0 spiro atoms. The summed E-state index contributed by atoms with van der Waals surface area (Å²) in [4.78, 5) is 22.7. The van der Waals surface area contributed by atoms with Gasteiger partial charge in [-0.2, -0.15) is 5.10 Å². The average molecular weight is 406 g/mol. The molecule has 2 N–H and O–H groups in total. The zero-order valence-corrected chi connectivity index (χ0v) is 12.9. The summed E-state index contributed by atoms with van der Waals surface area (Å²) in [5, 5.41) is 15.7. The number of hydrogen-bond acceptors (Lipinski definition) is 3. The summed E-state index contributed by atoms with van der Waals surface area (Å²) in [7, 11) is 0. The van der Waals surface area contributed by atoms with Crippen LogP contribution < -0.4 is 5.32 Å². The third kappa shape index (κ3) is 3.70. The minimum absolute atomic E-state index is 0.0244. The Hall–Kier alpha value is -1.61. The highest BCUT2D eigenvalue weighted by atomic mass is 127. The molecule has 1 heterocycles. The van der Waals surface area contributed by atoms with Crippen molar-refractivity contribution in [3.8, 4) is 0 Å². The molecule has 2 aromatic rings. The number of halogens is 2. The number of benzene rings is 1. The van der Waals surface area contributed by atoms with Crippen molar-refractivity contribution >= 4 is 51.8 Å². The van der Waals surface area contributed by atoms with E-state index >= 15 is 0 Å². The molecule has 0 aliphatic rings. The quantitative estimate of drug-likeness (QED) is 0.766. The number of aromatic nitrogens is 2. The van der Waals surface area contributed by atoms with E-state index in [-0.39, 0.29) is 28.7 Å². The van der Waals surface area contributed by atoms with Gasteiger partial charge in [0.05, 0.1) is 26.0 Å². The molecule has 0 unspecified atom stereocenters. The van der Waals surface area contributed by atoms with Gasteiger partial charge in [-0.05, 0) is 40.8 Å². The number of nitrogens with zero attached hydrogens (tertiary/aromatic N) is 2. The van der Waals surface area contributed by atoms with Crippen molar-refractivity contribution in [1.29, 1.82) is 0 Å². The first-order valence-electron chi connectivity index (χ1n) is 5.46. The molecule has 0 aliphatic heterocycles. The molecule has 1 aromatic carbocycles. The predicted octanol–water partition coefficient (Wildman–Crippen LogP) is 2.48. The van der Waals surface area contributed by atoms with Crippen molar-refractivity contribution in [2.45, 2.75) is 6.54 Å². The lowest BCUT2D eigenvalue weighted by Gasteiger charge is -2.08. The Bertz CT molecular complexity index is 672. The molecule has 0 bridgehead atoms. The van der Waals surface area contributed by atoms with Crippen LogP contribution in [0.1, 0.15) is 10.4 Å². The Morgan fingerprint density at radius 3 is 2.80 bits per heavy atom. The number of rotatable bonds is 4. The molecule has 6 nitrogen and oxygen atoms in total. The highest BCUT2D eigenvalue weighted by Gasteiger charge is 2.11. The Morgan fingerprint density at radius 2 is 2.20 bits per heavy atom. The third-order valence-electron chi connectivity index (χ3n) is 2.39. The lowest BCUT2D eigenvalue weighted by atomic mass is 10.2. The molecule has 20 heavy (non-hydrogen) atoms. The van der Waals surface area contributed by atoms with Gasteiger partial charge in [-0.15, -0.1) is 0 Å². The number of aromatic carboxylic acids is 1. The second kappa shape index (κ2) is 6.23. The Balaban J connectivity index is 2.11. The van der Waals surface area contributed by atoms with Crippen LogP contribution in [0.4, 0.5) is 5.69 Å². The first kappa shape index (κ1) is 14.8. The molecule has 0 aliphatic carbocycles. The fourth-order valence-corrected chi connectivity index (χ4v) is 2.13. The molecule has 0 saturated heterocycles. The predicted molar refractivity (Wildman–Crippen MR) is 82.0 cm³/mol. The molecular formula is C12H9ClIN3O3. The van der Waals surface area contributed by atoms with Crippen LogP contribution in [0, 0.1) is 3.57 Å². The second-order valence-corrected chi connectivity index (χ2v) is 5.56. The first-order chi connectivity index (χ1) is 9.45. The Morgan fingerprint density at radius 1 is 1.45 bits per heavy atom. The molecule has 0 radical (unpaired) electrons. The number of carboxylic acids is 1. The maximum atomic E-state index is 11.8. The van der Waals surface area contributed by atoms with Crippen molar-refractivity contribution in [3.63, 3.8) is 0 Å². The number of carbonyl (C=O) groups is 2. The van der Waals surface area contributed by atoms with E-state index in [1.54, 1.807) is 12.4 Å². The van der Waals surface area contributed by atoms with Crippen LogP contribution in [-0.2, 0) is 11.3 Å². The SMILES string of the molecule is O=C(Cn1cc(I)cn1)Nc1cc(C(=O)O)ccc1Cl. The zero-order chi connectivity index (χ0) is 14.7. The van der Waals surface area contributed by atoms with E-state index in [1.807, 2.05) is 0 Å². The van der Waals surface area contributed by atoms with Gasteiger partial charge in [0.1, 0.15) is 6.54 Å². The molecular weight excluding hydrogens is 397 g/mol. The lowest BCUT2D eigenvalue weighted by Crippen LogP contribution is -2.19. The maximum absolute atomic E-state index is 11.8. The number of hydrogen-bond donors (Lipinski definition) is 2. The van der Waals surface area contributed by atoms with Crippen LogP contribution in [0.25, 0.3) is 0 Å². The summed E-state index contributed by atoms with van der Waals surface area (Å²) in [5.41, 5.74) is 0.316. The molecule has 2 rings (SSSR count). The van der Waals surface area contributed by atoms with Crippen molar-refractivity contribution < 1.29 is 14.7 Å². The normalized spacial score (nSPS) is 10.3. The van der Waals surface area contributed by atoms with E-state index in [9.17, 15) is 9.59 Å². The van der Waals surface area contributed by atoms with E-state index in [0.717, 1.165) is 3.57 Å². The van der Waals surface area contributed by atoms with Crippen LogP contribution in [-0.4, -0.2) is 26.8 Å². The summed E-state index contributed by atoms with van der Waals surface area (Å²) in [6.07, 6.45) is 3.35. The van der Waals surface area contributed by atoms with Gasteiger partial charge >= 0.3 is 5.97 Å². The van der Waals surface area contributed by atoms with Gasteiger partial charge in [0, 0.05) is 6.20 Å². The molecule has 0 saturated carbocycles. The third-order valence-corrected chi connectivity index (χ3v) is 3.28. The summed E-state index contributed by atoms with van der Waals surface area (Å²) >= 11 is 8.01. The summed E-state index contributed by atoms with van der Waals surface area (Å²) in [6.45, 7) is 0.0244. The van der Waals surface area contributed by atoms with Crippen LogP contribution in [0.3, 0.4) is 0 Å². The minimum Gasteiger partial charge on any atom is -0.478 e. The van der Waals surface area contributed by atoms with Gasteiger partial charge in [0.25, 0.3) is 0 Å². The molecule has 0 fully saturated rings. The smallest absolute Gasteiger partial charge is 0.335 e. The summed E-state index contributed by atoms with van der Waals surface area (Å²) < 4.78 is 2.40. The standard InChI is InChI=1S/C12H9ClIN3O3/c13-9-2-1-7(12(19)20)3-10(9)16-11(18)6-17-5-8(14)4-15-17/h1-5H,6H2,(H,16,18)(H,19,20). The number of nitrogens with one attached hydrogen (secondary N) is 1.